The fourth-order valence-corrected chi connectivity index (χ4v) is 2.66. The third-order valence-corrected chi connectivity index (χ3v) is 3.81. The van der Waals surface area contributed by atoms with Crippen molar-refractivity contribution in [1.29, 1.82) is 0 Å². The number of aromatic amines is 2. The largest absolute Gasteiger partial charge is 0.335 e. The highest BCUT2D eigenvalue weighted by Crippen LogP contribution is 2.28. The fourth-order valence-electron chi connectivity index (χ4n) is 2.66. The second-order valence-corrected chi connectivity index (χ2v) is 5.29. The van der Waals surface area contributed by atoms with Gasteiger partial charge in [-0.1, -0.05) is 0 Å². The molecule has 0 bridgehead atoms. The Morgan fingerprint density at radius 1 is 0.917 bits per heavy atom. The summed E-state index contributed by atoms with van der Waals surface area (Å²) in [7, 11) is 0. The molecule has 0 amide bonds. The van der Waals surface area contributed by atoms with E-state index in [0.29, 0.717) is 5.82 Å². The van der Waals surface area contributed by atoms with Crippen LogP contribution in [-0.2, 0) is 0 Å². The van der Waals surface area contributed by atoms with Crippen molar-refractivity contribution in [2.24, 2.45) is 0 Å². The molecule has 114 valence electrons. The number of rotatable bonds is 2. The van der Waals surface area contributed by atoms with Crippen LogP contribution in [0.4, 0.5) is 0 Å². The summed E-state index contributed by atoms with van der Waals surface area (Å²) in [5.41, 5.74) is 4.92. The number of imidazole rings is 1. The van der Waals surface area contributed by atoms with Gasteiger partial charge in [0.1, 0.15) is 12.0 Å². The molecule has 0 spiro atoms. The number of pyridine rings is 2. The lowest BCUT2D eigenvalue weighted by atomic mass is 10.1. The van der Waals surface area contributed by atoms with Gasteiger partial charge < -0.3 is 4.98 Å². The number of aromatic nitrogens is 8. The van der Waals surface area contributed by atoms with Gasteiger partial charge in [-0.25, -0.2) is 15.0 Å². The number of hydrogen-bond donors (Lipinski definition) is 2. The summed E-state index contributed by atoms with van der Waals surface area (Å²) in [4.78, 5) is 24.4. The predicted molar refractivity (Wildman–Crippen MR) is 87.8 cm³/mol. The first kappa shape index (κ1) is 12.8. The van der Waals surface area contributed by atoms with Crippen molar-refractivity contribution in [2.45, 2.75) is 0 Å². The summed E-state index contributed by atoms with van der Waals surface area (Å²) in [5.74, 6) is 0.686. The highest BCUT2D eigenvalue weighted by atomic mass is 15.1. The van der Waals surface area contributed by atoms with Gasteiger partial charge in [0.25, 0.3) is 0 Å². The Kier molecular flexibility index (Phi) is 2.63. The molecule has 0 radical (unpaired) electrons. The number of nitrogens with zero attached hydrogens (tertiary/aromatic N) is 6. The monoisotopic (exact) mass is 314 g/mol. The molecule has 5 rings (SSSR count). The van der Waals surface area contributed by atoms with Gasteiger partial charge in [-0.05, 0) is 12.1 Å². The quantitative estimate of drug-likeness (QED) is 0.517. The van der Waals surface area contributed by atoms with Crippen molar-refractivity contribution < 1.29 is 0 Å². The Morgan fingerprint density at radius 3 is 2.71 bits per heavy atom. The Hall–Kier alpha value is -3.68. The van der Waals surface area contributed by atoms with E-state index in [1.54, 1.807) is 31.0 Å². The van der Waals surface area contributed by atoms with Crippen LogP contribution in [0.3, 0.4) is 0 Å². The maximum absolute atomic E-state index is 4.58. The van der Waals surface area contributed by atoms with Gasteiger partial charge >= 0.3 is 0 Å². The molecule has 0 aromatic carbocycles. The summed E-state index contributed by atoms with van der Waals surface area (Å²) in [5, 5.41) is 8.30. The first-order valence-electron chi connectivity index (χ1n) is 7.28. The van der Waals surface area contributed by atoms with E-state index in [-0.39, 0.29) is 0 Å². The molecule has 0 aliphatic carbocycles. The van der Waals surface area contributed by atoms with Crippen molar-refractivity contribution in [3.05, 3.63) is 49.4 Å². The van der Waals surface area contributed by atoms with Crippen LogP contribution in [0.2, 0.25) is 0 Å². The van der Waals surface area contributed by atoms with Gasteiger partial charge in [-0.3, -0.25) is 15.1 Å². The normalized spacial score (nSPS) is 11.3. The van der Waals surface area contributed by atoms with E-state index in [9.17, 15) is 0 Å². The number of hydrogen-bond acceptors (Lipinski definition) is 6. The molecule has 5 heterocycles. The lowest BCUT2D eigenvalue weighted by Gasteiger charge is -1.99. The standard InChI is InChI=1S/C16H10N8/c1-2-17-6-14-11(1)21-16(22-14)15-10-3-12(9-4-18-8-19-5-9)20-7-13(10)23-24-15/h1-8H,(H,21,22)(H,23,24). The third-order valence-electron chi connectivity index (χ3n) is 3.81. The average Bonchev–Trinajstić information content (AvgIpc) is 3.25. The van der Waals surface area contributed by atoms with Crippen LogP contribution < -0.4 is 0 Å². The average molecular weight is 314 g/mol. The molecular weight excluding hydrogens is 304 g/mol. The van der Waals surface area contributed by atoms with Crippen LogP contribution in [0.1, 0.15) is 0 Å². The van der Waals surface area contributed by atoms with Crippen LogP contribution >= 0.6 is 0 Å². The molecule has 0 atom stereocenters. The fraction of sp³-hybridized carbons (Fsp3) is 0. The van der Waals surface area contributed by atoms with E-state index in [4.69, 9.17) is 0 Å². The first-order valence-corrected chi connectivity index (χ1v) is 7.28. The van der Waals surface area contributed by atoms with Crippen LogP contribution in [-0.4, -0.2) is 40.1 Å². The predicted octanol–water partition coefficient (Wildman–Crippen LogP) is 2.35. The van der Waals surface area contributed by atoms with Gasteiger partial charge in [0, 0.05) is 29.5 Å². The van der Waals surface area contributed by atoms with Crippen molar-refractivity contribution in [2.75, 3.05) is 0 Å². The highest BCUT2D eigenvalue weighted by molar-refractivity contribution is 5.94. The molecule has 2 N–H and O–H groups in total. The Balaban J connectivity index is 1.71. The van der Waals surface area contributed by atoms with E-state index < -0.39 is 0 Å². The zero-order chi connectivity index (χ0) is 15.9. The van der Waals surface area contributed by atoms with Crippen molar-refractivity contribution >= 4 is 21.9 Å². The molecular formula is C16H10N8. The van der Waals surface area contributed by atoms with Crippen LogP contribution in [0.25, 0.3) is 44.7 Å². The van der Waals surface area contributed by atoms with E-state index in [0.717, 1.165) is 38.9 Å². The summed E-state index contributed by atoms with van der Waals surface area (Å²) in [6.45, 7) is 0. The van der Waals surface area contributed by atoms with E-state index in [2.05, 4.69) is 40.1 Å². The van der Waals surface area contributed by atoms with Gasteiger partial charge in [-0.2, -0.15) is 5.10 Å². The van der Waals surface area contributed by atoms with Crippen molar-refractivity contribution in [1.82, 2.24) is 40.1 Å². The minimum absolute atomic E-state index is 0.686. The highest BCUT2D eigenvalue weighted by Gasteiger charge is 2.14. The zero-order valence-electron chi connectivity index (χ0n) is 12.3. The van der Waals surface area contributed by atoms with Crippen molar-refractivity contribution in [3.8, 4) is 22.8 Å². The van der Waals surface area contributed by atoms with Crippen LogP contribution in [0.15, 0.2) is 49.4 Å². The second-order valence-electron chi connectivity index (χ2n) is 5.29. The Bertz CT molecular complexity index is 1130. The molecule has 0 saturated heterocycles. The molecule has 5 aromatic rings. The van der Waals surface area contributed by atoms with Crippen LogP contribution in [0.5, 0.6) is 0 Å². The Labute approximate surface area is 135 Å². The molecule has 5 aromatic heterocycles. The number of H-pyrrole nitrogens is 2. The molecule has 8 heteroatoms. The Morgan fingerprint density at radius 2 is 1.83 bits per heavy atom. The molecule has 0 saturated carbocycles. The first-order chi connectivity index (χ1) is 11.9. The van der Waals surface area contributed by atoms with Gasteiger partial charge in [0.2, 0.25) is 0 Å². The molecule has 0 aliphatic heterocycles. The smallest absolute Gasteiger partial charge is 0.159 e. The van der Waals surface area contributed by atoms with E-state index in [1.807, 2.05) is 12.1 Å². The van der Waals surface area contributed by atoms with E-state index in [1.165, 1.54) is 6.33 Å². The summed E-state index contributed by atoms with van der Waals surface area (Å²) in [6.07, 6.45) is 10.2. The second kappa shape index (κ2) is 4.92. The number of nitrogens with one attached hydrogen (secondary N) is 2. The summed E-state index contributed by atoms with van der Waals surface area (Å²) < 4.78 is 0. The summed E-state index contributed by atoms with van der Waals surface area (Å²) >= 11 is 0. The molecule has 8 nitrogen and oxygen atoms in total. The number of fused-ring (bicyclic) bond motifs is 2. The van der Waals surface area contributed by atoms with E-state index >= 15 is 0 Å². The lowest BCUT2D eigenvalue weighted by Crippen LogP contribution is -1.87. The molecule has 24 heavy (non-hydrogen) atoms. The topological polar surface area (TPSA) is 109 Å². The maximum Gasteiger partial charge on any atom is 0.159 e. The third kappa shape index (κ3) is 1.93. The molecule has 0 unspecified atom stereocenters. The van der Waals surface area contributed by atoms with Crippen molar-refractivity contribution in [3.63, 3.8) is 0 Å². The maximum atomic E-state index is 4.58. The minimum atomic E-state index is 0.686. The minimum Gasteiger partial charge on any atom is -0.335 e. The van der Waals surface area contributed by atoms with Crippen LogP contribution in [0, 0.1) is 0 Å². The molecule has 0 fully saturated rings. The molecule has 0 aliphatic rings. The lowest BCUT2D eigenvalue weighted by molar-refractivity contribution is 1.10. The van der Waals surface area contributed by atoms with Gasteiger partial charge in [0.05, 0.1) is 34.6 Å². The van der Waals surface area contributed by atoms with Gasteiger partial charge in [-0.15, -0.1) is 0 Å². The zero-order valence-corrected chi connectivity index (χ0v) is 12.3. The summed E-state index contributed by atoms with van der Waals surface area (Å²) in [6, 6.07) is 3.82. The van der Waals surface area contributed by atoms with Gasteiger partial charge in [0.15, 0.2) is 5.82 Å². The SMILES string of the molecule is c1cc2nc(-c3n[nH]c4cnc(-c5cncnc5)cc34)[nH]c2cn1.